The summed E-state index contributed by atoms with van der Waals surface area (Å²) in [5, 5.41) is 23.9. The van der Waals surface area contributed by atoms with E-state index in [2.05, 4.69) is 35.7 Å². The summed E-state index contributed by atoms with van der Waals surface area (Å²) in [6, 6.07) is 7.67. The first-order chi connectivity index (χ1) is 22.6. The molecule has 1 saturated carbocycles. The summed E-state index contributed by atoms with van der Waals surface area (Å²) >= 11 is 6.09. The fraction of sp³-hybridized carbons (Fsp3) is 0.515. The first-order valence-electron chi connectivity index (χ1n) is 16.0. The van der Waals surface area contributed by atoms with E-state index < -0.39 is 5.82 Å². The fourth-order valence-electron chi connectivity index (χ4n) is 5.57. The van der Waals surface area contributed by atoms with Crippen LogP contribution in [0.2, 0.25) is 5.02 Å². The van der Waals surface area contributed by atoms with Gasteiger partial charge in [-0.25, -0.2) is 14.4 Å². The van der Waals surface area contributed by atoms with Crippen LogP contribution in [0.4, 0.5) is 21.7 Å². The van der Waals surface area contributed by atoms with Gasteiger partial charge in [0.25, 0.3) is 0 Å². The zero-order valence-corrected chi connectivity index (χ0v) is 27.5. The van der Waals surface area contributed by atoms with Gasteiger partial charge in [-0.05, 0) is 75.9 Å². The molecule has 5 rings (SSSR count). The quantitative estimate of drug-likeness (QED) is 0.167. The molecule has 12 nitrogen and oxygen atoms in total. The van der Waals surface area contributed by atoms with Crippen LogP contribution in [0.15, 0.2) is 36.7 Å². The number of hydrogen-bond donors (Lipinski definition) is 3. The van der Waals surface area contributed by atoms with Crippen LogP contribution in [0.3, 0.4) is 0 Å². The Morgan fingerprint density at radius 2 is 1.81 bits per heavy atom. The van der Waals surface area contributed by atoms with Gasteiger partial charge in [0, 0.05) is 28.6 Å². The standard InChI is InChI=1S/C33H41ClFN7O5/c1-19(2)20(3)47-33(45)21-6-8-42(9-7-21)24-12-22(13-24)32(44)39-31-16-30(36-18-37-31)38-28-15-27(25-14-23(34)4-5-26(25)35)40-41-29(28)17-46-11-10-43/h4-5,14-16,18-22,24,43H,6-13,17H2,1-3H3,(H2,36,37,38,39,40,44)/t20-,22?,24?/m1/s1. The largest absolute Gasteiger partial charge is 0.462 e. The van der Waals surface area contributed by atoms with E-state index in [1.807, 2.05) is 20.8 Å². The third-order valence-electron chi connectivity index (χ3n) is 8.83. The maximum absolute atomic E-state index is 14.6. The van der Waals surface area contributed by atoms with Crippen molar-refractivity contribution in [1.82, 2.24) is 25.1 Å². The van der Waals surface area contributed by atoms with Crippen molar-refractivity contribution in [3.63, 3.8) is 0 Å². The van der Waals surface area contributed by atoms with Gasteiger partial charge >= 0.3 is 5.97 Å². The van der Waals surface area contributed by atoms with Crippen molar-refractivity contribution >= 4 is 40.8 Å². The lowest BCUT2D eigenvalue weighted by molar-refractivity contribution is -0.157. The Kier molecular flexibility index (Phi) is 11.7. The van der Waals surface area contributed by atoms with E-state index in [1.165, 1.54) is 24.5 Å². The number of hydrogen-bond acceptors (Lipinski definition) is 11. The summed E-state index contributed by atoms with van der Waals surface area (Å²) in [6.07, 6.45) is 4.26. The predicted octanol–water partition coefficient (Wildman–Crippen LogP) is 5.00. The second-order valence-electron chi connectivity index (χ2n) is 12.4. The van der Waals surface area contributed by atoms with Crippen LogP contribution in [0.1, 0.15) is 52.1 Å². The van der Waals surface area contributed by atoms with Crippen molar-refractivity contribution in [2.24, 2.45) is 17.8 Å². The van der Waals surface area contributed by atoms with Crippen molar-refractivity contribution in [3.05, 3.63) is 53.2 Å². The molecule has 0 bridgehead atoms. The number of carbonyl (C=O) groups excluding carboxylic acids is 2. The van der Waals surface area contributed by atoms with Gasteiger partial charge in [0.05, 0.1) is 37.1 Å². The van der Waals surface area contributed by atoms with E-state index in [0.717, 1.165) is 38.8 Å². The number of nitrogens with one attached hydrogen (secondary N) is 2. The van der Waals surface area contributed by atoms with Crippen molar-refractivity contribution in [1.29, 1.82) is 0 Å². The molecule has 2 aromatic heterocycles. The van der Waals surface area contributed by atoms with Crippen LogP contribution >= 0.6 is 11.6 Å². The van der Waals surface area contributed by atoms with Crippen LogP contribution in [-0.2, 0) is 25.7 Å². The maximum atomic E-state index is 14.6. The maximum Gasteiger partial charge on any atom is 0.309 e. The molecule has 252 valence electrons. The van der Waals surface area contributed by atoms with Crippen LogP contribution < -0.4 is 10.6 Å². The van der Waals surface area contributed by atoms with E-state index >= 15 is 0 Å². The molecule has 47 heavy (non-hydrogen) atoms. The first kappa shape index (κ1) is 34.6. The molecule has 0 unspecified atom stereocenters. The number of anilines is 3. The van der Waals surface area contributed by atoms with Gasteiger partial charge in [-0.1, -0.05) is 25.4 Å². The first-order valence-corrected chi connectivity index (χ1v) is 16.3. The third-order valence-corrected chi connectivity index (χ3v) is 9.07. The van der Waals surface area contributed by atoms with Crippen LogP contribution in [-0.4, -0.2) is 80.5 Å². The Hall–Kier alpha value is -3.78. The topological polar surface area (TPSA) is 152 Å². The van der Waals surface area contributed by atoms with Crippen molar-refractivity contribution in [3.8, 4) is 11.3 Å². The highest BCUT2D eigenvalue weighted by Crippen LogP contribution is 2.35. The average Bonchev–Trinajstić information content (AvgIpc) is 3.02. The Morgan fingerprint density at radius 1 is 1.06 bits per heavy atom. The summed E-state index contributed by atoms with van der Waals surface area (Å²) in [7, 11) is 0. The van der Waals surface area contributed by atoms with Crippen molar-refractivity contribution in [2.45, 2.75) is 65.2 Å². The minimum absolute atomic E-state index is 0.0326. The molecule has 1 atom stereocenters. The molecule has 3 N–H and O–H groups in total. The molecule has 0 radical (unpaired) electrons. The van der Waals surface area contributed by atoms with Gasteiger partial charge in [0.1, 0.15) is 35.6 Å². The predicted molar refractivity (Wildman–Crippen MR) is 174 cm³/mol. The third kappa shape index (κ3) is 8.98. The zero-order chi connectivity index (χ0) is 33.5. The molecule has 1 saturated heterocycles. The molecule has 1 aliphatic carbocycles. The van der Waals surface area contributed by atoms with Gasteiger partial charge in [-0.2, -0.15) is 5.10 Å². The average molecular weight is 670 g/mol. The minimum atomic E-state index is -0.509. The lowest BCUT2D eigenvalue weighted by Gasteiger charge is -2.44. The molecule has 14 heteroatoms. The Morgan fingerprint density at radius 3 is 2.53 bits per heavy atom. The van der Waals surface area contributed by atoms with E-state index in [4.69, 9.17) is 26.2 Å². The highest BCUT2D eigenvalue weighted by Gasteiger charge is 2.40. The number of aliphatic hydroxyl groups is 1. The number of amides is 1. The van der Waals surface area contributed by atoms with E-state index in [1.54, 1.807) is 12.1 Å². The highest BCUT2D eigenvalue weighted by atomic mass is 35.5. The SMILES string of the molecule is CC(C)[C@@H](C)OC(=O)C1CCN(C2CC(C(=O)Nc3cc(Nc4cc(-c5cc(Cl)ccc5F)nnc4COCCO)ncn3)C2)CC1. The number of ether oxygens (including phenoxy) is 2. The molecule has 1 aliphatic heterocycles. The Labute approximate surface area is 278 Å². The number of aromatic nitrogens is 4. The van der Waals surface area contributed by atoms with Gasteiger partial charge in [0.2, 0.25) is 5.91 Å². The fourth-order valence-corrected chi connectivity index (χ4v) is 5.74. The summed E-state index contributed by atoms with van der Waals surface area (Å²) in [5.74, 6) is 0.0426. The molecule has 3 aromatic rings. The van der Waals surface area contributed by atoms with Gasteiger partial charge in [-0.3, -0.25) is 9.59 Å². The normalized spacial score (nSPS) is 19.2. The Bertz CT molecular complexity index is 1550. The number of piperidine rings is 1. The van der Waals surface area contributed by atoms with Gasteiger partial charge < -0.3 is 30.1 Å². The molecule has 3 heterocycles. The smallest absolute Gasteiger partial charge is 0.309 e. The number of carbonyl (C=O) groups is 2. The molecule has 1 amide bonds. The van der Waals surface area contributed by atoms with Crippen LogP contribution in [0, 0.1) is 23.6 Å². The number of halogens is 2. The minimum Gasteiger partial charge on any atom is -0.462 e. The lowest BCUT2D eigenvalue weighted by atomic mass is 9.77. The number of benzene rings is 1. The number of likely N-dealkylation sites (tertiary alicyclic amines) is 1. The number of esters is 1. The number of nitrogens with zero attached hydrogens (tertiary/aromatic N) is 5. The van der Waals surface area contributed by atoms with Gasteiger partial charge in [0.15, 0.2) is 0 Å². The summed E-state index contributed by atoms with van der Waals surface area (Å²) < 4.78 is 25.7. The van der Waals surface area contributed by atoms with Crippen molar-refractivity contribution < 1.29 is 28.6 Å². The molecule has 0 spiro atoms. The molecular weight excluding hydrogens is 629 g/mol. The van der Waals surface area contributed by atoms with Gasteiger partial charge in [-0.15, -0.1) is 5.10 Å². The Balaban J connectivity index is 1.17. The van der Waals surface area contributed by atoms with E-state index in [0.29, 0.717) is 34.1 Å². The van der Waals surface area contributed by atoms with Crippen LogP contribution in [0.5, 0.6) is 0 Å². The lowest BCUT2D eigenvalue weighted by Crippen LogP contribution is -2.51. The molecule has 2 fully saturated rings. The number of aliphatic hydroxyl groups excluding tert-OH is 1. The second kappa shape index (κ2) is 15.9. The summed E-state index contributed by atoms with van der Waals surface area (Å²) in [4.78, 5) is 36.5. The highest BCUT2D eigenvalue weighted by molar-refractivity contribution is 6.30. The number of rotatable bonds is 13. The van der Waals surface area contributed by atoms with Crippen LogP contribution in [0.25, 0.3) is 11.3 Å². The molecule has 1 aromatic carbocycles. The monoisotopic (exact) mass is 669 g/mol. The van der Waals surface area contributed by atoms with Crippen molar-refractivity contribution in [2.75, 3.05) is 36.9 Å². The second-order valence-corrected chi connectivity index (χ2v) is 12.8. The summed E-state index contributed by atoms with van der Waals surface area (Å²) in [5.41, 5.74) is 1.26. The zero-order valence-electron chi connectivity index (χ0n) is 26.8. The van der Waals surface area contributed by atoms with E-state index in [9.17, 15) is 14.0 Å². The summed E-state index contributed by atoms with van der Waals surface area (Å²) in [6.45, 7) is 7.63. The van der Waals surface area contributed by atoms with E-state index in [-0.39, 0.29) is 66.8 Å². The molecule has 2 aliphatic rings. The molecular formula is C33H41ClFN7O5.